The number of amides is 1. The average Bonchev–Trinajstić information content (AvgIpc) is 2.55. The summed E-state index contributed by atoms with van der Waals surface area (Å²) in [6, 6.07) is 8.26. The van der Waals surface area contributed by atoms with Gasteiger partial charge in [-0.2, -0.15) is 0 Å². The molecule has 0 aliphatic carbocycles. The van der Waals surface area contributed by atoms with Crippen LogP contribution in [0.15, 0.2) is 24.3 Å². The summed E-state index contributed by atoms with van der Waals surface area (Å²) in [4.78, 5) is 11.2. The maximum absolute atomic E-state index is 11.2. The number of carbonyl (C=O) groups excluding carboxylic acids is 1. The third-order valence-corrected chi connectivity index (χ3v) is 3.49. The van der Waals surface area contributed by atoms with Gasteiger partial charge in [0.2, 0.25) is 5.91 Å². The van der Waals surface area contributed by atoms with Crippen molar-refractivity contribution in [1.82, 2.24) is 4.57 Å². The molecule has 0 radical (unpaired) electrons. The Labute approximate surface area is 101 Å². The number of primary amides is 1. The van der Waals surface area contributed by atoms with Crippen LogP contribution in [0.1, 0.15) is 18.2 Å². The lowest BCUT2D eigenvalue weighted by atomic mass is 10.1. The Hall–Kier alpha value is -1.77. The van der Waals surface area contributed by atoms with Crippen LogP contribution in [0.5, 0.6) is 0 Å². The number of hydrogen-bond acceptors (Lipinski definition) is 1. The predicted octanol–water partition coefficient (Wildman–Crippen LogP) is 2.38. The van der Waals surface area contributed by atoms with Gasteiger partial charge < -0.3 is 10.3 Å². The number of hydrogen-bond donors (Lipinski definition) is 1. The molecule has 1 aromatic heterocycles. The van der Waals surface area contributed by atoms with Crippen molar-refractivity contribution in [2.75, 3.05) is 0 Å². The van der Waals surface area contributed by atoms with E-state index >= 15 is 0 Å². The van der Waals surface area contributed by atoms with Gasteiger partial charge in [0.1, 0.15) is 0 Å². The third-order valence-electron chi connectivity index (χ3n) is 3.49. The fraction of sp³-hybridized carbons (Fsp3) is 0.357. The Bertz CT molecular complexity index is 569. The normalized spacial score (nSPS) is 12.9. The van der Waals surface area contributed by atoms with Gasteiger partial charge in [0.25, 0.3) is 0 Å². The molecule has 1 unspecified atom stereocenters. The Morgan fingerprint density at radius 3 is 2.65 bits per heavy atom. The fourth-order valence-electron chi connectivity index (χ4n) is 2.20. The first-order chi connectivity index (χ1) is 8.02. The summed E-state index contributed by atoms with van der Waals surface area (Å²) in [6.07, 6.45) is 0. The van der Waals surface area contributed by atoms with Crippen molar-refractivity contribution in [2.24, 2.45) is 11.7 Å². The quantitative estimate of drug-likeness (QED) is 0.864. The molecule has 1 aromatic carbocycles. The van der Waals surface area contributed by atoms with E-state index < -0.39 is 0 Å². The van der Waals surface area contributed by atoms with Gasteiger partial charge in [-0.3, -0.25) is 4.79 Å². The fourth-order valence-corrected chi connectivity index (χ4v) is 2.20. The topological polar surface area (TPSA) is 48.0 Å². The predicted molar refractivity (Wildman–Crippen MR) is 69.8 cm³/mol. The lowest BCUT2D eigenvalue weighted by molar-refractivity contribution is -0.121. The van der Waals surface area contributed by atoms with E-state index in [0.717, 1.165) is 0 Å². The van der Waals surface area contributed by atoms with Crippen LogP contribution in [-0.4, -0.2) is 10.5 Å². The second-order valence-corrected chi connectivity index (χ2v) is 4.64. The van der Waals surface area contributed by atoms with Gasteiger partial charge in [0.15, 0.2) is 0 Å². The smallest absolute Gasteiger partial charge is 0.222 e. The number of nitrogens with two attached hydrogens (primary N) is 1. The van der Waals surface area contributed by atoms with E-state index in [1.165, 1.54) is 22.2 Å². The number of rotatable bonds is 3. The highest BCUT2D eigenvalue weighted by Crippen LogP contribution is 2.25. The second-order valence-electron chi connectivity index (χ2n) is 4.64. The Morgan fingerprint density at radius 2 is 2.00 bits per heavy atom. The zero-order chi connectivity index (χ0) is 12.6. The molecule has 0 aliphatic heterocycles. The number of carbonyl (C=O) groups is 1. The van der Waals surface area contributed by atoms with E-state index in [4.69, 9.17) is 5.73 Å². The zero-order valence-electron chi connectivity index (χ0n) is 10.5. The van der Waals surface area contributed by atoms with E-state index in [1.807, 2.05) is 19.1 Å². The molecule has 0 saturated heterocycles. The summed E-state index contributed by atoms with van der Waals surface area (Å²) >= 11 is 0. The van der Waals surface area contributed by atoms with E-state index in [9.17, 15) is 4.79 Å². The Morgan fingerprint density at radius 1 is 1.35 bits per heavy atom. The molecule has 2 rings (SSSR count). The highest BCUT2D eigenvalue weighted by atomic mass is 16.1. The third kappa shape index (κ3) is 1.93. The first-order valence-electron chi connectivity index (χ1n) is 5.86. The van der Waals surface area contributed by atoms with E-state index in [1.54, 1.807) is 0 Å². The number of nitrogens with zero attached hydrogens (tertiary/aromatic N) is 1. The first-order valence-corrected chi connectivity index (χ1v) is 5.86. The molecule has 1 amide bonds. The molecular weight excluding hydrogens is 212 g/mol. The molecule has 0 saturated carbocycles. The van der Waals surface area contributed by atoms with Crippen molar-refractivity contribution >= 4 is 16.8 Å². The maximum Gasteiger partial charge on any atom is 0.222 e. The average molecular weight is 230 g/mol. The van der Waals surface area contributed by atoms with Crippen LogP contribution in [0, 0.1) is 19.8 Å². The molecular formula is C14H18N2O. The zero-order valence-corrected chi connectivity index (χ0v) is 10.5. The van der Waals surface area contributed by atoms with E-state index in [2.05, 4.69) is 30.5 Å². The van der Waals surface area contributed by atoms with Gasteiger partial charge in [-0.05, 0) is 25.5 Å². The van der Waals surface area contributed by atoms with Crippen LogP contribution in [0.2, 0.25) is 0 Å². The number of para-hydroxylation sites is 1. The summed E-state index contributed by atoms with van der Waals surface area (Å²) in [5.74, 6) is -0.399. The molecule has 0 fully saturated rings. The number of aryl methyl sites for hydroxylation is 1. The summed E-state index contributed by atoms with van der Waals surface area (Å²) in [7, 11) is 0. The van der Waals surface area contributed by atoms with E-state index in [0.29, 0.717) is 6.54 Å². The minimum absolute atomic E-state index is 0.149. The lowest BCUT2D eigenvalue weighted by Gasteiger charge is -2.12. The van der Waals surface area contributed by atoms with Gasteiger partial charge in [-0.1, -0.05) is 25.1 Å². The SMILES string of the molecule is Cc1c(C)n(CC(C)C(N)=O)c2ccccc12. The van der Waals surface area contributed by atoms with Crippen molar-refractivity contribution < 1.29 is 4.79 Å². The minimum Gasteiger partial charge on any atom is -0.369 e. The molecule has 2 aromatic rings. The first kappa shape index (κ1) is 11.7. The Balaban J connectivity index is 2.53. The lowest BCUT2D eigenvalue weighted by Crippen LogP contribution is -2.25. The van der Waals surface area contributed by atoms with Crippen molar-refractivity contribution in [3.8, 4) is 0 Å². The largest absolute Gasteiger partial charge is 0.369 e. The van der Waals surface area contributed by atoms with Crippen LogP contribution in [0.4, 0.5) is 0 Å². The molecule has 3 heteroatoms. The van der Waals surface area contributed by atoms with Crippen LogP contribution >= 0.6 is 0 Å². The van der Waals surface area contributed by atoms with Gasteiger partial charge in [-0.25, -0.2) is 0 Å². The van der Waals surface area contributed by atoms with Gasteiger partial charge in [0, 0.05) is 23.1 Å². The van der Waals surface area contributed by atoms with Crippen LogP contribution < -0.4 is 5.73 Å². The molecule has 1 heterocycles. The summed E-state index contributed by atoms with van der Waals surface area (Å²) < 4.78 is 2.18. The van der Waals surface area contributed by atoms with Crippen LogP contribution in [0.3, 0.4) is 0 Å². The van der Waals surface area contributed by atoms with Crippen molar-refractivity contribution in [1.29, 1.82) is 0 Å². The molecule has 0 bridgehead atoms. The van der Waals surface area contributed by atoms with Crippen molar-refractivity contribution in [3.63, 3.8) is 0 Å². The molecule has 0 aliphatic rings. The summed E-state index contributed by atoms with van der Waals surface area (Å²) in [5, 5.41) is 1.25. The number of benzene rings is 1. The standard InChI is InChI=1S/C14H18N2O/c1-9(14(15)17)8-16-11(3)10(2)12-6-4-5-7-13(12)16/h4-7,9H,8H2,1-3H3,(H2,15,17). The molecule has 1 atom stereocenters. The summed E-state index contributed by atoms with van der Waals surface area (Å²) in [6.45, 7) is 6.72. The van der Waals surface area contributed by atoms with Gasteiger partial charge in [-0.15, -0.1) is 0 Å². The molecule has 2 N–H and O–H groups in total. The maximum atomic E-state index is 11.2. The van der Waals surface area contributed by atoms with Crippen molar-refractivity contribution in [3.05, 3.63) is 35.5 Å². The highest BCUT2D eigenvalue weighted by Gasteiger charge is 2.15. The highest BCUT2D eigenvalue weighted by molar-refractivity contribution is 5.85. The summed E-state index contributed by atoms with van der Waals surface area (Å²) in [5.41, 5.74) is 8.99. The molecule has 17 heavy (non-hydrogen) atoms. The van der Waals surface area contributed by atoms with Gasteiger partial charge in [0.05, 0.1) is 5.92 Å². The van der Waals surface area contributed by atoms with Crippen molar-refractivity contribution in [2.45, 2.75) is 27.3 Å². The molecule has 0 spiro atoms. The Kier molecular flexibility index (Phi) is 2.92. The van der Waals surface area contributed by atoms with Crippen LogP contribution in [0.25, 0.3) is 10.9 Å². The molecule has 90 valence electrons. The monoisotopic (exact) mass is 230 g/mol. The van der Waals surface area contributed by atoms with E-state index in [-0.39, 0.29) is 11.8 Å². The van der Waals surface area contributed by atoms with Crippen LogP contribution in [-0.2, 0) is 11.3 Å². The number of aromatic nitrogens is 1. The number of fused-ring (bicyclic) bond motifs is 1. The minimum atomic E-state index is -0.250. The van der Waals surface area contributed by atoms with Gasteiger partial charge >= 0.3 is 0 Å². The second kappa shape index (κ2) is 4.24. The molecule has 3 nitrogen and oxygen atoms in total.